The van der Waals surface area contributed by atoms with Crippen molar-refractivity contribution in [1.82, 2.24) is 4.90 Å². The molecule has 1 N–H and O–H groups in total. The Hall–Kier alpha value is -2.59. The monoisotopic (exact) mass is 322 g/mol. The molecule has 24 heavy (non-hydrogen) atoms. The van der Waals surface area contributed by atoms with E-state index in [1.54, 1.807) is 19.3 Å². The van der Waals surface area contributed by atoms with Gasteiger partial charge in [0.2, 0.25) is 5.91 Å². The van der Waals surface area contributed by atoms with E-state index in [4.69, 9.17) is 4.74 Å². The molecule has 0 saturated carbocycles. The molecule has 4 heteroatoms. The van der Waals surface area contributed by atoms with Gasteiger partial charge in [-0.3, -0.25) is 4.79 Å². The van der Waals surface area contributed by atoms with E-state index in [-0.39, 0.29) is 5.91 Å². The van der Waals surface area contributed by atoms with Gasteiger partial charge in [-0.05, 0) is 60.5 Å². The summed E-state index contributed by atoms with van der Waals surface area (Å²) >= 11 is 0. The second-order valence-corrected chi connectivity index (χ2v) is 6.07. The summed E-state index contributed by atoms with van der Waals surface area (Å²) < 4.78 is 5.18. The average Bonchev–Trinajstić information content (AvgIpc) is 2.60. The number of fused-ring (bicyclic) bond motifs is 1. The number of hydrogen-bond donors (Lipinski definition) is 1. The first-order valence-electron chi connectivity index (χ1n) is 8.07. The Balaban J connectivity index is 1.66. The summed E-state index contributed by atoms with van der Waals surface area (Å²) in [5, 5.41) is 2.93. The average molecular weight is 322 g/mol. The van der Waals surface area contributed by atoms with Gasteiger partial charge in [-0.15, -0.1) is 0 Å². The molecule has 1 aliphatic heterocycles. The maximum Gasteiger partial charge on any atom is 0.248 e. The van der Waals surface area contributed by atoms with Gasteiger partial charge in [0, 0.05) is 24.9 Å². The van der Waals surface area contributed by atoms with Gasteiger partial charge in [-0.2, -0.15) is 0 Å². The highest BCUT2D eigenvalue weighted by Crippen LogP contribution is 2.22. The molecule has 0 radical (unpaired) electrons. The fourth-order valence-electron chi connectivity index (χ4n) is 2.88. The Kier molecular flexibility index (Phi) is 4.96. The van der Waals surface area contributed by atoms with Crippen LogP contribution in [-0.2, 0) is 17.8 Å². The van der Waals surface area contributed by atoms with Crippen LogP contribution in [0, 0.1) is 0 Å². The Morgan fingerprint density at radius 2 is 2.08 bits per heavy atom. The van der Waals surface area contributed by atoms with E-state index in [1.165, 1.54) is 11.1 Å². The molecule has 0 atom stereocenters. The second-order valence-electron chi connectivity index (χ2n) is 6.07. The summed E-state index contributed by atoms with van der Waals surface area (Å²) in [6.45, 7) is 2.01. The summed E-state index contributed by atoms with van der Waals surface area (Å²) in [6.07, 6.45) is 4.39. The zero-order chi connectivity index (χ0) is 16.9. The van der Waals surface area contributed by atoms with E-state index in [2.05, 4.69) is 29.4 Å². The molecule has 0 bridgehead atoms. The van der Waals surface area contributed by atoms with Gasteiger partial charge in [0.05, 0.1) is 7.11 Å². The zero-order valence-electron chi connectivity index (χ0n) is 14.1. The summed E-state index contributed by atoms with van der Waals surface area (Å²) in [5.74, 6) is 0.637. The van der Waals surface area contributed by atoms with Crippen LogP contribution in [0.1, 0.15) is 16.7 Å². The van der Waals surface area contributed by atoms with Crippen molar-refractivity contribution < 1.29 is 9.53 Å². The fourth-order valence-corrected chi connectivity index (χ4v) is 2.88. The Morgan fingerprint density at radius 1 is 1.21 bits per heavy atom. The van der Waals surface area contributed by atoms with E-state index >= 15 is 0 Å². The lowest BCUT2D eigenvalue weighted by molar-refractivity contribution is -0.111. The van der Waals surface area contributed by atoms with Crippen molar-refractivity contribution in [3.05, 3.63) is 65.2 Å². The minimum atomic E-state index is -0.137. The van der Waals surface area contributed by atoms with Crippen LogP contribution in [0.5, 0.6) is 5.75 Å². The molecular formula is C20H22N2O2. The van der Waals surface area contributed by atoms with E-state index < -0.39 is 0 Å². The number of nitrogens with zero attached hydrogens (tertiary/aromatic N) is 1. The molecular weight excluding hydrogens is 300 g/mol. The Bertz CT molecular complexity index is 768. The van der Waals surface area contributed by atoms with Gasteiger partial charge in [0.15, 0.2) is 0 Å². The molecule has 0 fully saturated rings. The van der Waals surface area contributed by atoms with Crippen LogP contribution < -0.4 is 10.1 Å². The summed E-state index contributed by atoms with van der Waals surface area (Å²) in [7, 11) is 3.74. The van der Waals surface area contributed by atoms with Crippen LogP contribution in [0.3, 0.4) is 0 Å². The number of nitrogens with one attached hydrogen (secondary N) is 1. The van der Waals surface area contributed by atoms with Crippen LogP contribution in [0.2, 0.25) is 0 Å². The van der Waals surface area contributed by atoms with Gasteiger partial charge >= 0.3 is 0 Å². The number of hydrogen-bond acceptors (Lipinski definition) is 3. The highest BCUT2D eigenvalue weighted by Gasteiger charge is 2.13. The lowest BCUT2D eigenvalue weighted by Crippen LogP contribution is -2.26. The minimum Gasteiger partial charge on any atom is -0.497 e. The largest absolute Gasteiger partial charge is 0.497 e. The minimum absolute atomic E-state index is 0.137. The molecule has 0 spiro atoms. The number of benzene rings is 2. The predicted molar refractivity (Wildman–Crippen MR) is 97.1 cm³/mol. The van der Waals surface area contributed by atoms with E-state index in [0.29, 0.717) is 0 Å². The molecule has 4 nitrogen and oxygen atoms in total. The maximum atomic E-state index is 12.1. The number of rotatable bonds is 4. The summed E-state index contributed by atoms with van der Waals surface area (Å²) in [6, 6.07) is 13.8. The zero-order valence-corrected chi connectivity index (χ0v) is 14.1. The van der Waals surface area contributed by atoms with Gasteiger partial charge in [0.1, 0.15) is 5.75 Å². The van der Waals surface area contributed by atoms with Crippen molar-refractivity contribution in [2.45, 2.75) is 13.0 Å². The molecule has 0 unspecified atom stereocenters. The fraction of sp³-hybridized carbons (Fsp3) is 0.250. The van der Waals surface area contributed by atoms with Crippen molar-refractivity contribution in [2.75, 3.05) is 26.0 Å². The van der Waals surface area contributed by atoms with Crippen molar-refractivity contribution >= 4 is 17.7 Å². The van der Waals surface area contributed by atoms with Crippen LogP contribution in [0.15, 0.2) is 48.5 Å². The Morgan fingerprint density at radius 3 is 2.92 bits per heavy atom. The quantitative estimate of drug-likeness (QED) is 0.878. The smallest absolute Gasteiger partial charge is 0.248 e. The third-order valence-corrected chi connectivity index (χ3v) is 4.20. The number of amides is 1. The number of carbonyl (C=O) groups is 1. The number of likely N-dealkylation sites (N-methyl/N-ethyl adjacent to an activating group) is 1. The lowest BCUT2D eigenvalue weighted by atomic mass is 9.99. The molecule has 2 aromatic carbocycles. The van der Waals surface area contributed by atoms with Crippen LogP contribution in [-0.4, -0.2) is 31.5 Å². The molecule has 0 aliphatic carbocycles. The summed E-state index contributed by atoms with van der Waals surface area (Å²) in [5.41, 5.74) is 4.43. The first-order chi connectivity index (χ1) is 11.6. The lowest BCUT2D eigenvalue weighted by Gasteiger charge is -2.25. The normalized spacial score (nSPS) is 14.4. The van der Waals surface area contributed by atoms with Crippen molar-refractivity contribution in [2.24, 2.45) is 0 Å². The molecule has 124 valence electrons. The highest BCUT2D eigenvalue weighted by atomic mass is 16.5. The van der Waals surface area contributed by atoms with Crippen molar-refractivity contribution in [3.63, 3.8) is 0 Å². The summed E-state index contributed by atoms with van der Waals surface area (Å²) in [4.78, 5) is 14.4. The number of anilines is 1. The second kappa shape index (κ2) is 7.32. The SMILES string of the molecule is COc1cccc(C=CC(=O)Nc2ccc3c(c2)CN(C)CC3)c1. The first-order valence-corrected chi connectivity index (χ1v) is 8.07. The van der Waals surface area contributed by atoms with Gasteiger partial charge in [0.25, 0.3) is 0 Å². The molecule has 0 saturated heterocycles. The van der Waals surface area contributed by atoms with E-state index in [0.717, 1.165) is 36.5 Å². The van der Waals surface area contributed by atoms with E-state index in [9.17, 15) is 4.79 Å². The molecule has 1 heterocycles. The molecule has 3 rings (SSSR count). The number of carbonyl (C=O) groups excluding carboxylic acids is 1. The number of methoxy groups -OCH3 is 1. The topological polar surface area (TPSA) is 41.6 Å². The molecule has 2 aromatic rings. The maximum absolute atomic E-state index is 12.1. The predicted octanol–water partition coefficient (Wildman–Crippen LogP) is 3.34. The number of ether oxygens (including phenoxy) is 1. The highest BCUT2D eigenvalue weighted by molar-refractivity contribution is 6.02. The van der Waals surface area contributed by atoms with Gasteiger partial charge in [-0.25, -0.2) is 0 Å². The third kappa shape index (κ3) is 4.03. The standard InChI is InChI=1S/C20H22N2O2/c1-22-11-10-16-7-8-18(13-17(16)14-22)21-20(23)9-6-15-4-3-5-19(12-15)24-2/h3-9,12-13H,10-11,14H2,1-2H3,(H,21,23). The Labute approximate surface area is 142 Å². The first kappa shape index (κ1) is 16.3. The van der Waals surface area contributed by atoms with Gasteiger partial charge in [-0.1, -0.05) is 18.2 Å². The van der Waals surface area contributed by atoms with Crippen molar-refractivity contribution in [1.29, 1.82) is 0 Å². The van der Waals surface area contributed by atoms with Crippen LogP contribution in [0.25, 0.3) is 6.08 Å². The van der Waals surface area contributed by atoms with Crippen LogP contribution in [0.4, 0.5) is 5.69 Å². The molecule has 0 aromatic heterocycles. The van der Waals surface area contributed by atoms with E-state index in [1.807, 2.05) is 30.3 Å². The van der Waals surface area contributed by atoms with Crippen LogP contribution >= 0.6 is 0 Å². The molecule has 1 amide bonds. The van der Waals surface area contributed by atoms with Gasteiger partial charge < -0.3 is 15.0 Å². The molecule has 1 aliphatic rings. The third-order valence-electron chi connectivity index (χ3n) is 4.20. The van der Waals surface area contributed by atoms with Crippen molar-refractivity contribution in [3.8, 4) is 5.75 Å².